The zero-order valence-corrected chi connectivity index (χ0v) is 16.2. The lowest BCUT2D eigenvalue weighted by Crippen LogP contribution is -2.41. The highest BCUT2D eigenvalue weighted by Crippen LogP contribution is 2.13. The van der Waals surface area contributed by atoms with Gasteiger partial charge < -0.3 is 4.57 Å². The first-order chi connectivity index (χ1) is 12.3. The van der Waals surface area contributed by atoms with Crippen LogP contribution in [-0.4, -0.2) is 18.7 Å². The highest BCUT2D eigenvalue weighted by atomic mass is 35.5. The van der Waals surface area contributed by atoms with E-state index in [0.29, 0.717) is 29.2 Å². The number of rotatable bonds is 5. The third-order valence-corrected chi connectivity index (χ3v) is 4.70. The molecule has 0 aliphatic carbocycles. The molecule has 0 amide bonds. The largest absolute Gasteiger partial charge is 0.333 e. The molecule has 0 bridgehead atoms. The van der Waals surface area contributed by atoms with Gasteiger partial charge >= 0.3 is 5.69 Å². The Morgan fingerprint density at radius 2 is 1.77 bits per heavy atom. The van der Waals surface area contributed by atoms with Crippen molar-refractivity contribution in [2.75, 3.05) is 0 Å². The SMILES string of the molecule is CCc1nc2c(c(=O)n(Cc3ccc(Cl)cc3)c(=O)n2CC(C)C)n1C. The van der Waals surface area contributed by atoms with E-state index < -0.39 is 0 Å². The molecule has 138 valence electrons. The van der Waals surface area contributed by atoms with Crippen LogP contribution in [0.5, 0.6) is 0 Å². The van der Waals surface area contributed by atoms with Crippen molar-refractivity contribution in [1.82, 2.24) is 18.7 Å². The summed E-state index contributed by atoms with van der Waals surface area (Å²) in [4.78, 5) is 30.7. The molecule has 0 N–H and O–H groups in total. The average Bonchev–Trinajstić information content (AvgIpc) is 2.93. The summed E-state index contributed by atoms with van der Waals surface area (Å²) in [7, 11) is 1.83. The van der Waals surface area contributed by atoms with Crippen molar-refractivity contribution < 1.29 is 0 Å². The highest BCUT2D eigenvalue weighted by Gasteiger charge is 2.20. The molecule has 2 heterocycles. The van der Waals surface area contributed by atoms with Crippen molar-refractivity contribution in [2.24, 2.45) is 13.0 Å². The van der Waals surface area contributed by atoms with Crippen LogP contribution in [0.3, 0.4) is 0 Å². The summed E-state index contributed by atoms with van der Waals surface area (Å²) in [5.41, 5.74) is 1.15. The van der Waals surface area contributed by atoms with Crippen LogP contribution in [0, 0.1) is 5.92 Å². The van der Waals surface area contributed by atoms with Crippen LogP contribution < -0.4 is 11.2 Å². The number of benzene rings is 1. The molecule has 0 aliphatic rings. The first-order valence-electron chi connectivity index (χ1n) is 8.76. The van der Waals surface area contributed by atoms with Crippen LogP contribution >= 0.6 is 11.6 Å². The molecule has 1 aromatic carbocycles. The quantitative estimate of drug-likeness (QED) is 0.689. The summed E-state index contributed by atoms with van der Waals surface area (Å²) in [6.07, 6.45) is 0.692. The molecule has 0 spiro atoms. The van der Waals surface area contributed by atoms with Gasteiger partial charge in [-0.2, -0.15) is 0 Å². The van der Waals surface area contributed by atoms with Crippen LogP contribution in [0.15, 0.2) is 33.9 Å². The monoisotopic (exact) mass is 374 g/mol. The van der Waals surface area contributed by atoms with Crippen molar-refractivity contribution >= 4 is 22.8 Å². The van der Waals surface area contributed by atoms with Crippen LogP contribution in [0.2, 0.25) is 5.02 Å². The topological polar surface area (TPSA) is 61.8 Å². The fraction of sp³-hybridized carbons (Fsp3) is 0.421. The Morgan fingerprint density at radius 1 is 1.12 bits per heavy atom. The standard InChI is InChI=1S/C19H23ClN4O2/c1-5-15-21-17-16(22(15)4)18(25)24(19(26)23(17)10-12(2)3)11-13-6-8-14(20)9-7-13/h6-9,12H,5,10-11H2,1-4H3. The Hall–Kier alpha value is -2.34. The van der Waals surface area contributed by atoms with Gasteiger partial charge in [-0.05, 0) is 23.6 Å². The highest BCUT2D eigenvalue weighted by molar-refractivity contribution is 6.30. The Morgan fingerprint density at radius 3 is 2.35 bits per heavy atom. The fourth-order valence-electron chi connectivity index (χ4n) is 3.17. The molecule has 26 heavy (non-hydrogen) atoms. The molecule has 0 atom stereocenters. The molecule has 0 aliphatic heterocycles. The van der Waals surface area contributed by atoms with E-state index in [2.05, 4.69) is 4.98 Å². The van der Waals surface area contributed by atoms with Crippen LogP contribution in [0.4, 0.5) is 0 Å². The number of fused-ring (bicyclic) bond motifs is 1. The lowest BCUT2D eigenvalue weighted by Gasteiger charge is -2.13. The number of aromatic nitrogens is 4. The van der Waals surface area contributed by atoms with Gasteiger partial charge in [0.1, 0.15) is 5.82 Å². The minimum Gasteiger partial charge on any atom is -0.325 e. The molecule has 0 unspecified atom stereocenters. The van der Waals surface area contributed by atoms with E-state index in [9.17, 15) is 9.59 Å². The second-order valence-corrected chi connectivity index (χ2v) is 7.35. The maximum atomic E-state index is 13.1. The zero-order chi connectivity index (χ0) is 19.0. The molecule has 0 saturated heterocycles. The van der Waals surface area contributed by atoms with Crippen molar-refractivity contribution in [3.63, 3.8) is 0 Å². The maximum absolute atomic E-state index is 13.1. The van der Waals surface area contributed by atoms with Gasteiger partial charge in [-0.3, -0.25) is 13.9 Å². The average molecular weight is 375 g/mol. The van der Waals surface area contributed by atoms with Gasteiger partial charge in [-0.1, -0.05) is 44.5 Å². The minimum absolute atomic E-state index is 0.204. The fourth-order valence-corrected chi connectivity index (χ4v) is 3.29. The van der Waals surface area contributed by atoms with E-state index in [0.717, 1.165) is 11.4 Å². The number of imidazole rings is 1. The molecular weight excluding hydrogens is 352 g/mol. The van der Waals surface area contributed by atoms with E-state index in [1.54, 1.807) is 21.3 Å². The third kappa shape index (κ3) is 3.21. The number of nitrogens with zero attached hydrogens (tertiary/aromatic N) is 4. The lowest BCUT2D eigenvalue weighted by molar-refractivity contribution is 0.494. The van der Waals surface area contributed by atoms with E-state index >= 15 is 0 Å². The first-order valence-corrected chi connectivity index (χ1v) is 9.14. The normalized spacial score (nSPS) is 11.6. The summed E-state index contributed by atoms with van der Waals surface area (Å²) < 4.78 is 4.71. The molecule has 6 nitrogen and oxygen atoms in total. The second-order valence-electron chi connectivity index (χ2n) is 6.92. The van der Waals surface area contributed by atoms with E-state index in [1.807, 2.05) is 40.0 Å². The molecular formula is C19H23ClN4O2. The molecule has 7 heteroatoms. The van der Waals surface area contributed by atoms with Gasteiger partial charge in [-0.25, -0.2) is 9.78 Å². The predicted octanol–water partition coefficient (Wildman–Crippen LogP) is 2.82. The van der Waals surface area contributed by atoms with E-state index in [1.165, 1.54) is 4.57 Å². The number of halogens is 1. The first kappa shape index (κ1) is 18.5. The zero-order valence-electron chi connectivity index (χ0n) is 15.5. The van der Waals surface area contributed by atoms with Crippen LogP contribution in [0.1, 0.15) is 32.2 Å². The third-order valence-electron chi connectivity index (χ3n) is 4.45. The molecule has 2 aromatic heterocycles. The lowest BCUT2D eigenvalue weighted by atomic mass is 10.2. The van der Waals surface area contributed by atoms with Crippen LogP contribution in [0.25, 0.3) is 11.2 Å². The Bertz CT molecular complexity index is 1060. The van der Waals surface area contributed by atoms with E-state index in [4.69, 9.17) is 11.6 Å². The summed E-state index contributed by atoms with van der Waals surface area (Å²) in [5, 5.41) is 0.619. The van der Waals surface area contributed by atoms with Gasteiger partial charge in [0.05, 0.1) is 6.54 Å². The smallest absolute Gasteiger partial charge is 0.325 e. The predicted molar refractivity (Wildman–Crippen MR) is 104 cm³/mol. The van der Waals surface area contributed by atoms with Gasteiger partial charge in [0.15, 0.2) is 11.2 Å². The van der Waals surface area contributed by atoms with Gasteiger partial charge in [0.25, 0.3) is 5.56 Å². The Labute approximate surface area is 156 Å². The minimum atomic E-state index is -0.327. The molecule has 3 aromatic rings. The maximum Gasteiger partial charge on any atom is 0.333 e. The van der Waals surface area contributed by atoms with E-state index in [-0.39, 0.29) is 23.7 Å². The van der Waals surface area contributed by atoms with Crippen LogP contribution in [-0.2, 0) is 26.6 Å². The Balaban J connectivity index is 2.28. The summed E-state index contributed by atoms with van der Waals surface area (Å²) in [6, 6.07) is 7.16. The summed E-state index contributed by atoms with van der Waals surface area (Å²) >= 11 is 5.93. The molecule has 0 saturated carbocycles. The van der Waals surface area contributed by atoms with Gasteiger partial charge in [0, 0.05) is 25.0 Å². The number of hydrogen-bond donors (Lipinski definition) is 0. The van der Waals surface area contributed by atoms with Crippen molar-refractivity contribution in [3.05, 3.63) is 61.5 Å². The summed E-state index contributed by atoms with van der Waals surface area (Å²) in [5.74, 6) is 1.04. The van der Waals surface area contributed by atoms with Crippen molar-refractivity contribution in [2.45, 2.75) is 40.3 Å². The molecule has 3 rings (SSSR count). The summed E-state index contributed by atoms with van der Waals surface area (Å²) in [6.45, 7) is 6.78. The van der Waals surface area contributed by atoms with Crippen molar-refractivity contribution in [3.8, 4) is 0 Å². The van der Waals surface area contributed by atoms with Gasteiger partial charge in [0.2, 0.25) is 0 Å². The molecule has 0 radical (unpaired) electrons. The van der Waals surface area contributed by atoms with Crippen molar-refractivity contribution in [1.29, 1.82) is 0 Å². The number of aryl methyl sites for hydroxylation is 2. The second kappa shape index (κ2) is 7.11. The Kier molecular flexibility index (Phi) is 5.05. The number of hydrogen-bond acceptors (Lipinski definition) is 3. The molecule has 0 fully saturated rings. The van der Waals surface area contributed by atoms with Gasteiger partial charge in [-0.15, -0.1) is 0 Å².